The Bertz CT molecular complexity index is 431. The Labute approximate surface area is 120 Å². The monoisotopic (exact) mass is 276 g/mol. The lowest BCUT2D eigenvalue weighted by atomic mass is 10.1. The first-order chi connectivity index (χ1) is 9.70. The van der Waals surface area contributed by atoms with E-state index in [9.17, 15) is 4.79 Å². The summed E-state index contributed by atoms with van der Waals surface area (Å²) in [5, 5.41) is 6.17. The van der Waals surface area contributed by atoms with Gasteiger partial charge in [0.2, 0.25) is 5.91 Å². The predicted molar refractivity (Wildman–Crippen MR) is 79.7 cm³/mol. The minimum atomic E-state index is -0.230. The van der Waals surface area contributed by atoms with Crippen LogP contribution in [0.15, 0.2) is 24.3 Å². The van der Waals surface area contributed by atoms with Gasteiger partial charge in [-0.1, -0.05) is 31.2 Å². The van der Waals surface area contributed by atoms with Gasteiger partial charge in [0.15, 0.2) is 0 Å². The number of carbonyl (C=O) groups excluding carboxylic acids is 1. The number of carbonyl (C=O) groups is 1. The summed E-state index contributed by atoms with van der Waals surface area (Å²) in [6.45, 7) is 6.15. The molecule has 4 heteroatoms. The van der Waals surface area contributed by atoms with E-state index in [0.29, 0.717) is 13.2 Å². The Balaban J connectivity index is 1.75. The highest BCUT2D eigenvalue weighted by molar-refractivity contribution is 5.82. The van der Waals surface area contributed by atoms with Crippen LogP contribution in [0.3, 0.4) is 0 Å². The SMILES string of the molecule is CCc1ccc(CCNC(=O)[C@H]2NCCO[C@@H]2C)cc1. The molecule has 1 heterocycles. The molecule has 1 aromatic rings. The van der Waals surface area contributed by atoms with Crippen LogP contribution in [0.5, 0.6) is 0 Å². The largest absolute Gasteiger partial charge is 0.375 e. The van der Waals surface area contributed by atoms with Gasteiger partial charge in [0.05, 0.1) is 12.7 Å². The summed E-state index contributed by atoms with van der Waals surface area (Å²) < 4.78 is 5.48. The lowest BCUT2D eigenvalue weighted by molar-refractivity contribution is -0.128. The minimum Gasteiger partial charge on any atom is -0.375 e. The fourth-order valence-electron chi connectivity index (χ4n) is 2.41. The van der Waals surface area contributed by atoms with Crippen LogP contribution in [0.2, 0.25) is 0 Å². The van der Waals surface area contributed by atoms with E-state index in [1.807, 2.05) is 6.92 Å². The topological polar surface area (TPSA) is 50.4 Å². The molecule has 2 N–H and O–H groups in total. The Morgan fingerprint density at radius 3 is 2.70 bits per heavy atom. The van der Waals surface area contributed by atoms with Crippen molar-refractivity contribution in [3.05, 3.63) is 35.4 Å². The number of hydrogen-bond acceptors (Lipinski definition) is 3. The molecule has 0 aromatic heterocycles. The number of rotatable bonds is 5. The second-order valence-corrected chi connectivity index (χ2v) is 5.22. The molecule has 1 aliphatic heterocycles. The Morgan fingerprint density at radius 1 is 1.35 bits per heavy atom. The molecule has 1 aliphatic rings. The summed E-state index contributed by atoms with van der Waals surface area (Å²) in [5.41, 5.74) is 2.60. The van der Waals surface area contributed by atoms with Gasteiger partial charge in [0, 0.05) is 13.1 Å². The van der Waals surface area contributed by atoms with E-state index in [2.05, 4.69) is 41.8 Å². The highest BCUT2D eigenvalue weighted by atomic mass is 16.5. The van der Waals surface area contributed by atoms with Crippen molar-refractivity contribution in [2.75, 3.05) is 19.7 Å². The maximum absolute atomic E-state index is 12.0. The first-order valence-corrected chi connectivity index (χ1v) is 7.41. The molecule has 0 radical (unpaired) electrons. The van der Waals surface area contributed by atoms with Crippen LogP contribution in [0, 0.1) is 0 Å². The van der Waals surface area contributed by atoms with Gasteiger partial charge in [0.25, 0.3) is 0 Å². The van der Waals surface area contributed by atoms with Crippen LogP contribution in [-0.2, 0) is 22.4 Å². The number of ether oxygens (including phenoxy) is 1. The Morgan fingerprint density at radius 2 is 2.05 bits per heavy atom. The minimum absolute atomic E-state index is 0.0300. The zero-order valence-electron chi connectivity index (χ0n) is 12.3. The van der Waals surface area contributed by atoms with E-state index in [0.717, 1.165) is 19.4 Å². The normalized spacial score (nSPS) is 22.5. The lowest BCUT2D eigenvalue weighted by Crippen LogP contribution is -2.55. The number of amides is 1. The van der Waals surface area contributed by atoms with Gasteiger partial charge >= 0.3 is 0 Å². The van der Waals surface area contributed by atoms with Gasteiger partial charge in [-0.15, -0.1) is 0 Å². The van der Waals surface area contributed by atoms with Crippen molar-refractivity contribution in [1.29, 1.82) is 0 Å². The molecule has 0 spiro atoms. The molecule has 2 atom stereocenters. The van der Waals surface area contributed by atoms with E-state index >= 15 is 0 Å². The summed E-state index contributed by atoms with van der Waals surface area (Å²) in [7, 11) is 0. The second kappa shape index (κ2) is 7.41. The van der Waals surface area contributed by atoms with Crippen molar-refractivity contribution < 1.29 is 9.53 Å². The molecule has 4 nitrogen and oxygen atoms in total. The van der Waals surface area contributed by atoms with E-state index in [-0.39, 0.29) is 18.1 Å². The van der Waals surface area contributed by atoms with Gasteiger partial charge in [-0.2, -0.15) is 0 Å². The first kappa shape index (κ1) is 15.0. The van der Waals surface area contributed by atoms with Crippen molar-refractivity contribution in [2.24, 2.45) is 0 Å². The van der Waals surface area contributed by atoms with Crippen LogP contribution in [-0.4, -0.2) is 37.7 Å². The molecule has 0 aliphatic carbocycles. The van der Waals surface area contributed by atoms with Crippen LogP contribution >= 0.6 is 0 Å². The van der Waals surface area contributed by atoms with Crippen molar-refractivity contribution in [2.45, 2.75) is 38.8 Å². The molecule has 1 saturated heterocycles. The zero-order valence-corrected chi connectivity index (χ0v) is 12.3. The van der Waals surface area contributed by atoms with Gasteiger partial charge in [-0.3, -0.25) is 4.79 Å². The molecule has 1 amide bonds. The predicted octanol–water partition coefficient (Wildman–Crippen LogP) is 1.28. The number of benzene rings is 1. The molecule has 110 valence electrons. The summed E-state index contributed by atoms with van der Waals surface area (Å²) in [6, 6.07) is 8.34. The quantitative estimate of drug-likeness (QED) is 0.852. The fourth-order valence-corrected chi connectivity index (χ4v) is 2.41. The molecule has 1 fully saturated rings. The number of nitrogens with one attached hydrogen (secondary N) is 2. The zero-order chi connectivity index (χ0) is 14.4. The highest BCUT2D eigenvalue weighted by Crippen LogP contribution is 2.06. The van der Waals surface area contributed by atoms with E-state index in [1.54, 1.807) is 0 Å². The van der Waals surface area contributed by atoms with Gasteiger partial charge < -0.3 is 15.4 Å². The van der Waals surface area contributed by atoms with E-state index in [1.165, 1.54) is 11.1 Å². The summed E-state index contributed by atoms with van der Waals surface area (Å²) in [4.78, 5) is 12.0. The number of aryl methyl sites for hydroxylation is 1. The Hall–Kier alpha value is -1.39. The van der Waals surface area contributed by atoms with Crippen LogP contribution < -0.4 is 10.6 Å². The molecule has 0 unspecified atom stereocenters. The third-order valence-corrected chi connectivity index (χ3v) is 3.74. The lowest BCUT2D eigenvalue weighted by Gasteiger charge is -2.29. The maximum Gasteiger partial charge on any atom is 0.239 e. The highest BCUT2D eigenvalue weighted by Gasteiger charge is 2.27. The van der Waals surface area contributed by atoms with Gasteiger partial charge in [0.1, 0.15) is 6.04 Å². The summed E-state index contributed by atoms with van der Waals surface area (Å²) in [6.07, 6.45) is 1.85. The number of morpholine rings is 1. The number of hydrogen-bond donors (Lipinski definition) is 2. The average molecular weight is 276 g/mol. The van der Waals surface area contributed by atoms with Crippen LogP contribution in [0.4, 0.5) is 0 Å². The maximum atomic E-state index is 12.0. The molecular formula is C16H24N2O2. The molecule has 2 rings (SSSR count). The van der Waals surface area contributed by atoms with Crippen molar-refractivity contribution in [1.82, 2.24) is 10.6 Å². The van der Waals surface area contributed by atoms with Crippen LogP contribution in [0.25, 0.3) is 0 Å². The van der Waals surface area contributed by atoms with Crippen molar-refractivity contribution in [3.63, 3.8) is 0 Å². The Kier molecular flexibility index (Phi) is 5.56. The summed E-state index contributed by atoms with van der Waals surface area (Å²) in [5.74, 6) is 0.0300. The average Bonchev–Trinajstić information content (AvgIpc) is 2.48. The molecule has 1 aromatic carbocycles. The third kappa shape index (κ3) is 4.05. The van der Waals surface area contributed by atoms with Crippen LogP contribution in [0.1, 0.15) is 25.0 Å². The van der Waals surface area contributed by atoms with E-state index in [4.69, 9.17) is 4.74 Å². The molecule has 0 saturated carbocycles. The summed E-state index contributed by atoms with van der Waals surface area (Å²) >= 11 is 0. The van der Waals surface area contributed by atoms with Gasteiger partial charge in [-0.05, 0) is 30.9 Å². The fraction of sp³-hybridized carbons (Fsp3) is 0.562. The first-order valence-electron chi connectivity index (χ1n) is 7.41. The molecule has 20 heavy (non-hydrogen) atoms. The molecule has 0 bridgehead atoms. The third-order valence-electron chi connectivity index (χ3n) is 3.74. The van der Waals surface area contributed by atoms with Crippen molar-refractivity contribution in [3.8, 4) is 0 Å². The van der Waals surface area contributed by atoms with Gasteiger partial charge in [-0.25, -0.2) is 0 Å². The van der Waals surface area contributed by atoms with Crippen molar-refractivity contribution >= 4 is 5.91 Å². The van der Waals surface area contributed by atoms with E-state index < -0.39 is 0 Å². The second-order valence-electron chi connectivity index (χ2n) is 5.22. The smallest absolute Gasteiger partial charge is 0.239 e. The molecular weight excluding hydrogens is 252 g/mol. The standard InChI is InChI=1S/C16H24N2O2/c1-3-13-4-6-14(7-5-13)8-9-18-16(19)15-12(2)20-11-10-17-15/h4-7,12,15,17H,3,8-11H2,1-2H3,(H,18,19)/t12-,15+/m1/s1.